The van der Waals surface area contributed by atoms with Crippen molar-refractivity contribution < 1.29 is 19.6 Å². The number of hydrogen-bond acceptors (Lipinski definition) is 4. The van der Waals surface area contributed by atoms with Crippen LogP contribution in [0.4, 0.5) is 16.2 Å². The lowest BCUT2D eigenvalue weighted by molar-refractivity contribution is -0.385. The standard InChI is InChI=1S/C14H17N3O5/c1-8-5-9(2)12(17(21)22)6-11(8)15-14(20)16-4-3-10(7-16)13(18)19/h5-6,10H,3-4,7H2,1-2H3,(H,15,20)(H,18,19). The first-order valence-corrected chi connectivity index (χ1v) is 6.84. The van der Waals surface area contributed by atoms with Crippen molar-refractivity contribution in [2.24, 2.45) is 5.92 Å². The van der Waals surface area contributed by atoms with Crippen molar-refractivity contribution in [3.8, 4) is 0 Å². The van der Waals surface area contributed by atoms with Gasteiger partial charge in [-0.3, -0.25) is 14.9 Å². The summed E-state index contributed by atoms with van der Waals surface area (Å²) in [5.74, 6) is -1.48. The first-order valence-electron chi connectivity index (χ1n) is 6.84. The highest BCUT2D eigenvalue weighted by atomic mass is 16.6. The minimum absolute atomic E-state index is 0.0641. The number of carboxylic acids is 1. The van der Waals surface area contributed by atoms with Crippen LogP contribution >= 0.6 is 0 Å². The molecule has 1 aliphatic heterocycles. The first-order chi connectivity index (χ1) is 10.3. The summed E-state index contributed by atoms with van der Waals surface area (Å²) in [5, 5.41) is 22.5. The Hall–Kier alpha value is -2.64. The number of carboxylic acid groups (broad SMARTS) is 1. The molecule has 1 aromatic rings. The SMILES string of the molecule is Cc1cc(C)c([N+](=O)[O-])cc1NC(=O)N1CCC(C(=O)O)C1. The molecule has 0 aromatic heterocycles. The van der Waals surface area contributed by atoms with Gasteiger partial charge < -0.3 is 15.3 Å². The van der Waals surface area contributed by atoms with E-state index in [1.54, 1.807) is 19.9 Å². The van der Waals surface area contributed by atoms with E-state index in [1.165, 1.54) is 11.0 Å². The maximum atomic E-state index is 12.2. The number of carbonyl (C=O) groups excluding carboxylic acids is 1. The number of urea groups is 1. The maximum absolute atomic E-state index is 12.2. The molecule has 0 radical (unpaired) electrons. The van der Waals surface area contributed by atoms with Gasteiger partial charge in [0.15, 0.2) is 0 Å². The third-order valence-electron chi connectivity index (χ3n) is 3.81. The van der Waals surface area contributed by atoms with E-state index in [0.29, 0.717) is 29.8 Å². The fourth-order valence-corrected chi connectivity index (χ4v) is 2.51. The Labute approximate surface area is 126 Å². The minimum atomic E-state index is -0.919. The largest absolute Gasteiger partial charge is 0.481 e. The first kappa shape index (κ1) is 15.7. The zero-order chi connectivity index (χ0) is 16.4. The molecular formula is C14H17N3O5. The Bertz CT molecular complexity index is 644. The predicted octanol–water partition coefficient (Wildman–Crippen LogP) is 2.15. The molecule has 0 spiro atoms. The minimum Gasteiger partial charge on any atom is -0.481 e. The molecule has 8 heteroatoms. The second-order valence-corrected chi connectivity index (χ2v) is 5.41. The molecule has 8 nitrogen and oxygen atoms in total. The van der Waals surface area contributed by atoms with E-state index in [2.05, 4.69) is 5.32 Å². The fourth-order valence-electron chi connectivity index (χ4n) is 2.51. The number of amides is 2. The number of rotatable bonds is 3. The summed E-state index contributed by atoms with van der Waals surface area (Å²) in [7, 11) is 0. The molecule has 2 rings (SSSR count). The normalized spacial score (nSPS) is 17.4. The lowest BCUT2D eigenvalue weighted by Gasteiger charge is -2.18. The van der Waals surface area contributed by atoms with Gasteiger partial charge in [-0.05, 0) is 31.9 Å². The van der Waals surface area contributed by atoms with Crippen LogP contribution in [-0.4, -0.2) is 40.0 Å². The number of hydrogen-bond donors (Lipinski definition) is 2. The summed E-state index contributed by atoms with van der Waals surface area (Å²) in [6, 6.07) is 2.52. The molecule has 1 unspecified atom stereocenters. The molecule has 1 aliphatic rings. The fraction of sp³-hybridized carbons (Fsp3) is 0.429. The zero-order valence-electron chi connectivity index (χ0n) is 12.3. The lowest BCUT2D eigenvalue weighted by Crippen LogP contribution is -2.34. The molecule has 1 saturated heterocycles. The summed E-state index contributed by atoms with van der Waals surface area (Å²) in [5.41, 5.74) is 1.53. The lowest BCUT2D eigenvalue weighted by atomic mass is 10.1. The van der Waals surface area contributed by atoms with Gasteiger partial charge in [0.1, 0.15) is 0 Å². The van der Waals surface area contributed by atoms with E-state index in [1.807, 2.05) is 0 Å². The molecule has 1 heterocycles. The van der Waals surface area contributed by atoms with Crippen LogP contribution in [0, 0.1) is 29.9 Å². The monoisotopic (exact) mass is 307 g/mol. The van der Waals surface area contributed by atoms with Gasteiger partial charge in [0.2, 0.25) is 0 Å². The molecule has 1 aromatic carbocycles. The number of nitro benzene ring substituents is 1. The van der Waals surface area contributed by atoms with Crippen LogP contribution in [0.25, 0.3) is 0 Å². The molecule has 2 amide bonds. The smallest absolute Gasteiger partial charge is 0.321 e. The van der Waals surface area contributed by atoms with Crippen LogP contribution in [0.5, 0.6) is 0 Å². The van der Waals surface area contributed by atoms with E-state index < -0.39 is 22.8 Å². The summed E-state index contributed by atoms with van der Waals surface area (Å²) < 4.78 is 0. The van der Waals surface area contributed by atoms with Crippen LogP contribution in [-0.2, 0) is 4.79 Å². The summed E-state index contributed by atoms with van der Waals surface area (Å²) >= 11 is 0. The third kappa shape index (κ3) is 3.16. The number of nitro groups is 1. The maximum Gasteiger partial charge on any atom is 0.321 e. The Balaban J connectivity index is 2.14. The zero-order valence-corrected chi connectivity index (χ0v) is 12.3. The van der Waals surface area contributed by atoms with E-state index in [-0.39, 0.29) is 12.2 Å². The number of nitrogens with zero attached hydrogens (tertiary/aromatic N) is 2. The van der Waals surface area contributed by atoms with Crippen LogP contribution in [0.1, 0.15) is 17.5 Å². The molecule has 1 fully saturated rings. The highest BCUT2D eigenvalue weighted by Crippen LogP contribution is 2.27. The van der Waals surface area contributed by atoms with Gasteiger partial charge in [0.25, 0.3) is 5.69 Å². The van der Waals surface area contributed by atoms with Crippen molar-refractivity contribution in [1.82, 2.24) is 4.90 Å². The van der Waals surface area contributed by atoms with Gasteiger partial charge in [-0.1, -0.05) is 0 Å². The number of anilines is 1. The average molecular weight is 307 g/mol. The van der Waals surface area contributed by atoms with Crippen LogP contribution < -0.4 is 5.32 Å². The van der Waals surface area contributed by atoms with Crippen LogP contribution in [0.3, 0.4) is 0 Å². The van der Waals surface area contributed by atoms with E-state index in [9.17, 15) is 19.7 Å². The topological polar surface area (TPSA) is 113 Å². The molecule has 118 valence electrons. The van der Waals surface area contributed by atoms with E-state index in [4.69, 9.17) is 5.11 Å². The molecule has 0 saturated carbocycles. The second kappa shape index (κ2) is 6.00. The van der Waals surface area contributed by atoms with Crippen LogP contribution in [0.15, 0.2) is 12.1 Å². The van der Waals surface area contributed by atoms with Gasteiger partial charge >= 0.3 is 12.0 Å². The number of benzene rings is 1. The summed E-state index contributed by atoms with van der Waals surface area (Å²) in [4.78, 5) is 34.9. The molecule has 0 aliphatic carbocycles. The number of nitrogens with one attached hydrogen (secondary N) is 1. The van der Waals surface area contributed by atoms with Crippen molar-refractivity contribution in [3.05, 3.63) is 33.4 Å². The van der Waals surface area contributed by atoms with Gasteiger partial charge in [0.05, 0.1) is 16.5 Å². The predicted molar refractivity (Wildman–Crippen MR) is 78.9 cm³/mol. The van der Waals surface area contributed by atoms with Crippen LogP contribution in [0.2, 0.25) is 0 Å². The molecule has 0 bridgehead atoms. The quantitative estimate of drug-likeness (QED) is 0.656. The van der Waals surface area contributed by atoms with E-state index >= 15 is 0 Å². The van der Waals surface area contributed by atoms with Gasteiger partial charge in [-0.2, -0.15) is 0 Å². The third-order valence-corrected chi connectivity index (χ3v) is 3.81. The van der Waals surface area contributed by atoms with Crippen molar-refractivity contribution in [3.63, 3.8) is 0 Å². The summed E-state index contributed by atoms with van der Waals surface area (Å²) in [6.45, 7) is 3.88. The van der Waals surface area contributed by atoms with Crippen molar-refractivity contribution in [2.45, 2.75) is 20.3 Å². The highest BCUT2D eigenvalue weighted by molar-refractivity contribution is 5.91. The Morgan fingerprint density at radius 2 is 2.05 bits per heavy atom. The molecular weight excluding hydrogens is 290 g/mol. The Morgan fingerprint density at radius 1 is 1.36 bits per heavy atom. The number of aryl methyl sites for hydroxylation is 2. The Morgan fingerprint density at radius 3 is 2.59 bits per heavy atom. The van der Waals surface area contributed by atoms with Gasteiger partial charge in [0, 0.05) is 24.7 Å². The molecule has 1 atom stereocenters. The van der Waals surface area contributed by atoms with Gasteiger partial charge in [-0.15, -0.1) is 0 Å². The Kier molecular flexibility index (Phi) is 4.30. The van der Waals surface area contributed by atoms with E-state index in [0.717, 1.165) is 0 Å². The average Bonchev–Trinajstić information content (AvgIpc) is 2.91. The second-order valence-electron chi connectivity index (χ2n) is 5.41. The number of aliphatic carboxylic acids is 1. The van der Waals surface area contributed by atoms with Gasteiger partial charge in [-0.25, -0.2) is 4.79 Å². The number of carbonyl (C=O) groups is 2. The van der Waals surface area contributed by atoms with Crippen molar-refractivity contribution in [1.29, 1.82) is 0 Å². The molecule has 2 N–H and O–H groups in total. The summed E-state index contributed by atoms with van der Waals surface area (Å²) in [6.07, 6.45) is 0.412. The molecule has 22 heavy (non-hydrogen) atoms. The van der Waals surface area contributed by atoms with Crippen molar-refractivity contribution in [2.75, 3.05) is 18.4 Å². The van der Waals surface area contributed by atoms with Crippen molar-refractivity contribution >= 4 is 23.4 Å². The highest BCUT2D eigenvalue weighted by Gasteiger charge is 2.31. The number of likely N-dealkylation sites (tertiary alicyclic amines) is 1.